The van der Waals surface area contributed by atoms with Crippen molar-refractivity contribution in [2.75, 3.05) is 7.11 Å². The first-order valence-electron chi connectivity index (χ1n) is 9.33. The van der Waals surface area contributed by atoms with Crippen LogP contribution in [0.15, 0.2) is 48.1 Å². The summed E-state index contributed by atoms with van der Waals surface area (Å²) in [6, 6.07) is 8.51. The Balaban J connectivity index is 2.32. The highest BCUT2D eigenvalue weighted by Crippen LogP contribution is 2.46. The van der Waals surface area contributed by atoms with E-state index < -0.39 is 5.97 Å². The Bertz CT molecular complexity index is 605. The predicted molar refractivity (Wildman–Crippen MR) is 102 cm³/mol. The molecule has 0 saturated heterocycles. The summed E-state index contributed by atoms with van der Waals surface area (Å²) in [6.07, 6.45) is 14.2. The lowest BCUT2D eigenvalue weighted by Gasteiger charge is -2.40. The number of aliphatic carboxylic acids is 1. The lowest BCUT2D eigenvalue weighted by Crippen LogP contribution is -2.31. The molecule has 1 aromatic rings. The first kappa shape index (κ1) is 19.3. The molecule has 1 aromatic carbocycles. The van der Waals surface area contributed by atoms with Gasteiger partial charge in [-0.3, -0.25) is 4.79 Å². The fourth-order valence-electron chi connectivity index (χ4n) is 3.98. The molecule has 1 N–H and O–H groups in total. The van der Waals surface area contributed by atoms with Crippen molar-refractivity contribution in [1.82, 2.24) is 0 Å². The summed E-state index contributed by atoms with van der Waals surface area (Å²) in [7, 11) is 1.70. The molecule has 0 atom stereocenters. The Morgan fingerprint density at radius 3 is 2.32 bits per heavy atom. The van der Waals surface area contributed by atoms with Crippen molar-refractivity contribution in [3.63, 3.8) is 0 Å². The fraction of sp³-hybridized carbons (Fsp3) is 0.500. The Labute approximate surface area is 151 Å². The molecule has 0 amide bonds. The van der Waals surface area contributed by atoms with Crippen LogP contribution in [0.5, 0.6) is 5.75 Å². The van der Waals surface area contributed by atoms with Crippen LogP contribution in [0.1, 0.15) is 63.9 Å². The third-order valence-electron chi connectivity index (χ3n) is 5.21. The third-order valence-corrected chi connectivity index (χ3v) is 5.21. The van der Waals surface area contributed by atoms with Crippen molar-refractivity contribution >= 4 is 5.97 Å². The molecular weight excluding hydrogens is 312 g/mol. The summed E-state index contributed by atoms with van der Waals surface area (Å²) in [4.78, 5) is 10.7. The van der Waals surface area contributed by atoms with E-state index in [1.54, 1.807) is 13.2 Å². The van der Waals surface area contributed by atoms with Crippen LogP contribution in [0.2, 0.25) is 0 Å². The molecule has 1 fully saturated rings. The van der Waals surface area contributed by atoms with Gasteiger partial charge in [0.1, 0.15) is 5.75 Å². The zero-order valence-corrected chi connectivity index (χ0v) is 15.5. The number of hydrogen-bond donors (Lipinski definition) is 1. The molecule has 3 heteroatoms. The third kappa shape index (κ3) is 4.97. The van der Waals surface area contributed by atoms with Crippen LogP contribution in [0, 0.1) is 0 Å². The predicted octanol–water partition coefficient (Wildman–Crippen LogP) is 5.65. The Morgan fingerprint density at radius 2 is 1.76 bits per heavy atom. The summed E-state index contributed by atoms with van der Waals surface area (Å²) in [5.74, 6) is 0.108. The average molecular weight is 342 g/mol. The SMILES string of the molecule is CC/C=C(\C/C=C\CC(=O)O)C1(c2ccc(OC)cc2)CCCCC1. The van der Waals surface area contributed by atoms with Crippen LogP contribution in [0.25, 0.3) is 0 Å². The zero-order chi connectivity index (χ0) is 18.1. The van der Waals surface area contributed by atoms with Gasteiger partial charge in [-0.2, -0.15) is 0 Å². The number of carboxylic acid groups (broad SMARTS) is 1. The number of carboxylic acids is 1. The maximum absolute atomic E-state index is 10.7. The van der Waals surface area contributed by atoms with E-state index in [-0.39, 0.29) is 11.8 Å². The second-order valence-corrected chi connectivity index (χ2v) is 6.78. The van der Waals surface area contributed by atoms with Crippen LogP contribution < -0.4 is 4.74 Å². The molecular formula is C22H30O3. The molecule has 0 heterocycles. The number of ether oxygens (including phenoxy) is 1. The van der Waals surface area contributed by atoms with E-state index in [9.17, 15) is 4.79 Å². The molecule has 3 nitrogen and oxygen atoms in total. The molecule has 0 bridgehead atoms. The average Bonchev–Trinajstić information content (AvgIpc) is 2.64. The van der Waals surface area contributed by atoms with E-state index in [0.29, 0.717) is 0 Å². The Kier molecular flexibility index (Phi) is 7.30. The van der Waals surface area contributed by atoms with Crippen molar-refractivity contribution in [3.8, 4) is 5.75 Å². The molecule has 0 radical (unpaired) electrons. The van der Waals surface area contributed by atoms with Gasteiger partial charge in [-0.15, -0.1) is 0 Å². The van der Waals surface area contributed by atoms with E-state index in [1.807, 2.05) is 6.08 Å². The molecule has 1 saturated carbocycles. The van der Waals surface area contributed by atoms with Gasteiger partial charge in [0.2, 0.25) is 0 Å². The van der Waals surface area contributed by atoms with Crippen LogP contribution in [0.4, 0.5) is 0 Å². The normalized spacial score (nSPS) is 17.6. The van der Waals surface area contributed by atoms with Gasteiger partial charge in [-0.25, -0.2) is 0 Å². The standard InChI is InChI=1S/C22H30O3/c1-3-9-18(10-5-6-11-21(23)24)22(16-7-4-8-17-22)19-12-14-20(25-2)15-13-19/h5-6,9,12-15H,3-4,7-8,10-11,16-17H2,1-2H3,(H,23,24)/b6-5-,18-9+. The van der Waals surface area contributed by atoms with Crippen LogP contribution >= 0.6 is 0 Å². The number of hydrogen-bond acceptors (Lipinski definition) is 2. The molecule has 25 heavy (non-hydrogen) atoms. The van der Waals surface area contributed by atoms with Crippen molar-refractivity contribution in [3.05, 3.63) is 53.6 Å². The summed E-state index contributed by atoms with van der Waals surface area (Å²) in [5.41, 5.74) is 2.87. The highest BCUT2D eigenvalue weighted by Gasteiger charge is 2.36. The van der Waals surface area contributed by atoms with Gasteiger partial charge < -0.3 is 9.84 Å². The van der Waals surface area contributed by atoms with E-state index in [1.165, 1.54) is 30.4 Å². The molecule has 2 rings (SSSR count). The van der Waals surface area contributed by atoms with E-state index in [0.717, 1.165) is 31.4 Å². The lowest BCUT2D eigenvalue weighted by molar-refractivity contribution is -0.136. The second kappa shape index (κ2) is 9.45. The maximum Gasteiger partial charge on any atom is 0.307 e. The van der Waals surface area contributed by atoms with E-state index in [4.69, 9.17) is 9.84 Å². The molecule has 0 unspecified atom stereocenters. The molecule has 0 spiro atoms. The largest absolute Gasteiger partial charge is 0.497 e. The van der Waals surface area contributed by atoms with Crippen LogP contribution in [-0.2, 0) is 10.2 Å². The highest BCUT2D eigenvalue weighted by atomic mass is 16.5. The molecule has 1 aliphatic rings. The summed E-state index contributed by atoms with van der Waals surface area (Å²) in [6.45, 7) is 2.17. The van der Waals surface area contributed by atoms with Gasteiger partial charge in [0.25, 0.3) is 0 Å². The van der Waals surface area contributed by atoms with Gasteiger partial charge in [-0.1, -0.05) is 62.1 Å². The number of benzene rings is 1. The molecule has 0 aliphatic heterocycles. The zero-order valence-electron chi connectivity index (χ0n) is 15.5. The molecule has 1 aliphatic carbocycles. The number of allylic oxidation sites excluding steroid dienone is 3. The minimum Gasteiger partial charge on any atom is -0.497 e. The second-order valence-electron chi connectivity index (χ2n) is 6.78. The lowest BCUT2D eigenvalue weighted by atomic mass is 9.64. The Morgan fingerprint density at radius 1 is 1.12 bits per heavy atom. The van der Waals surface area contributed by atoms with Gasteiger partial charge in [0.05, 0.1) is 13.5 Å². The highest BCUT2D eigenvalue weighted by molar-refractivity contribution is 5.68. The van der Waals surface area contributed by atoms with Crippen LogP contribution in [0.3, 0.4) is 0 Å². The summed E-state index contributed by atoms with van der Waals surface area (Å²) in [5, 5.41) is 8.83. The Hall–Kier alpha value is -2.03. The quantitative estimate of drug-likeness (QED) is 0.621. The monoisotopic (exact) mass is 342 g/mol. The van der Waals surface area contributed by atoms with Crippen molar-refractivity contribution in [1.29, 1.82) is 0 Å². The van der Waals surface area contributed by atoms with Gasteiger partial charge in [0.15, 0.2) is 0 Å². The smallest absolute Gasteiger partial charge is 0.307 e. The first-order chi connectivity index (χ1) is 12.1. The number of rotatable bonds is 8. The molecule has 0 aromatic heterocycles. The first-order valence-corrected chi connectivity index (χ1v) is 9.33. The van der Waals surface area contributed by atoms with Crippen molar-refractivity contribution in [2.24, 2.45) is 0 Å². The maximum atomic E-state index is 10.7. The van der Waals surface area contributed by atoms with Gasteiger partial charge in [-0.05, 0) is 43.4 Å². The minimum absolute atomic E-state index is 0.0775. The topological polar surface area (TPSA) is 46.5 Å². The fourth-order valence-corrected chi connectivity index (χ4v) is 3.98. The van der Waals surface area contributed by atoms with Gasteiger partial charge >= 0.3 is 5.97 Å². The van der Waals surface area contributed by atoms with E-state index >= 15 is 0 Å². The number of carbonyl (C=O) groups is 1. The van der Waals surface area contributed by atoms with Crippen molar-refractivity contribution in [2.45, 2.75) is 63.7 Å². The summed E-state index contributed by atoms with van der Waals surface area (Å²) < 4.78 is 5.32. The molecule has 136 valence electrons. The van der Waals surface area contributed by atoms with Crippen molar-refractivity contribution < 1.29 is 14.6 Å². The minimum atomic E-state index is -0.778. The van der Waals surface area contributed by atoms with E-state index in [2.05, 4.69) is 37.3 Å². The van der Waals surface area contributed by atoms with Crippen LogP contribution in [-0.4, -0.2) is 18.2 Å². The summed E-state index contributed by atoms with van der Waals surface area (Å²) >= 11 is 0. The van der Waals surface area contributed by atoms with Gasteiger partial charge in [0, 0.05) is 5.41 Å². The number of methoxy groups -OCH3 is 1.